The molecule has 24 heavy (non-hydrogen) atoms. The van der Waals surface area contributed by atoms with Crippen LogP contribution in [0.5, 0.6) is 0 Å². The van der Waals surface area contributed by atoms with Crippen molar-refractivity contribution in [3.05, 3.63) is 34.9 Å². The Balaban J connectivity index is 2.14. The van der Waals surface area contributed by atoms with Gasteiger partial charge in [0.2, 0.25) is 0 Å². The van der Waals surface area contributed by atoms with Crippen molar-refractivity contribution < 1.29 is 14.3 Å². The van der Waals surface area contributed by atoms with Gasteiger partial charge in [0.25, 0.3) is 0 Å². The summed E-state index contributed by atoms with van der Waals surface area (Å²) in [5, 5.41) is 0. The number of esters is 1. The zero-order valence-electron chi connectivity index (χ0n) is 15.4. The van der Waals surface area contributed by atoms with Crippen LogP contribution in [0.3, 0.4) is 0 Å². The second kappa shape index (κ2) is 5.72. The zero-order valence-corrected chi connectivity index (χ0v) is 15.4. The molecule has 0 radical (unpaired) electrons. The number of benzene rings is 1. The maximum Gasteiger partial charge on any atom is 0.311 e. The van der Waals surface area contributed by atoms with Gasteiger partial charge >= 0.3 is 5.97 Å². The average Bonchev–Trinajstić information content (AvgIpc) is 2.56. The lowest BCUT2D eigenvalue weighted by molar-refractivity contribution is -0.160. The normalized spacial score (nSPS) is 32.2. The SMILES string of the molecule is COC(=O)[C@]1(C)CCC[C@]2(C)c3ccc(C(C)C)cc3C(=O)C[C@@H]12. The van der Waals surface area contributed by atoms with Gasteiger partial charge in [0, 0.05) is 12.0 Å². The molecule has 2 aliphatic rings. The van der Waals surface area contributed by atoms with Crippen molar-refractivity contribution in [2.24, 2.45) is 11.3 Å². The summed E-state index contributed by atoms with van der Waals surface area (Å²) in [5.74, 6) is 0.414. The van der Waals surface area contributed by atoms with Crippen LogP contribution in [0.1, 0.15) is 80.8 Å². The summed E-state index contributed by atoms with van der Waals surface area (Å²) in [6.07, 6.45) is 3.24. The molecule has 0 bridgehead atoms. The quantitative estimate of drug-likeness (QED) is 0.743. The fraction of sp³-hybridized carbons (Fsp3) is 0.619. The molecule has 3 nitrogen and oxygen atoms in total. The Morgan fingerprint density at radius 3 is 2.58 bits per heavy atom. The lowest BCUT2D eigenvalue weighted by atomic mass is 9.49. The summed E-state index contributed by atoms with van der Waals surface area (Å²) in [5.41, 5.74) is 2.49. The molecule has 0 heterocycles. The Morgan fingerprint density at radius 2 is 1.96 bits per heavy atom. The maximum atomic E-state index is 12.9. The predicted octanol–water partition coefficient (Wildman–Crippen LogP) is 4.63. The van der Waals surface area contributed by atoms with E-state index in [1.54, 1.807) is 0 Å². The number of carbonyl (C=O) groups is 2. The van der Waals surface area contributed by atoms with Gasteiger partial charge in [-0.05, 0) is 54.2 Å². The molecule has 1 aromatic carbocycles. The van der Waals surface area contributed by atoms with Gasteiger partial charge in [-0.25, -0.2) is 0 Å². The average molecular weight is 328 g/mol. The van der Waals surface area contributed by atoms with E-state index in [9.17, 15) is 9.59 Å². The molecule has 0 aromatic heterocycles. The number of carbonyl (C=O) groups excluding carboxylic acids is 2. The second-order valence-corrected chi connectivity index (χ2v) is 8.32. The first-order valence-electron chi connectivity index (χ1n) is 9.00. The Morgan fingerprint density at radius 1 is 1.25 bits per heavy atom. The van der Waals surface area contributed by atoms with Gasteiger partial charge < -0.3 is 4.74 Å². The number of fused-ring (bicyclic) bond motifs is 3. The summed E-state index contributed by atoms with van der Waals surface area (Å²) in [7, 11) is 1.45. The fourth-order valence-electron chi connectivity index (χ4n) is 5.07. The van der Waals surface area contributed by atoms with Crippen molar-refractivity contribution in [3.63, 3.8) is 0 Å². The van der Waals surface area contributed by atoms with E-state index in [-0.39, 0.29) is 23.1 Å². The third kappa shape index (κ3) is 2.32. The molecule has 0 amide bonds. The van der Waals surface area contributed by atoms with Crippen LogP contribution in [0.4, 0.5) is 0 Å². The molecule has 0 saturated heterocycles. The molecule has 1 fully saturated rings. The first kappa shape index (κ1) is 17.2. The molecule has 0 N–H and O–H groups in total. The lowest BCUT2D eigenvalue weighted by Gasteiger charge is -2.53. The van der Waals surface area contributed by atoms with Crippen molar-refractivity contribution in [3.8, 4) is 0 Å². The molecule has 2 aliphatic carbocycles. The number of hydrogen-bond donors (Lipinski definition) is 0. The van der Waals surface area contributed by atoms with Crippen LogP contribution in [0.25, 0.3) is 0 Å². The van der Waals surface area contributed by atoms with Gasteiger partial charge in [-0.15, -0.1) is 0 Å². The topological polar surface area (TPSA) is 43.4 Å². The number of Topliss-reactive ketones (excluding diaryl/α,β-unsaturated/α-hetero) is 1. The van der Waals surface area contributed by atoms with Crippen LogP contribution in [-0.2, 0) is 14.9 Å². The summed E-state index contributed by atoms with van der Waals surface area (Å²) >= 11 is 0. The minimum Gasteiger partial charge on any atom is -0.469 e. The highest BCUT2D eigenvalue weighted by Gasteiger charge is 2.57. The van der Waals surface area contributed by atoms with Gasteiger partial charge in [0.1, 0.15) is 0 Å². The summed E-state index contributed by atoms with van der Waals surface area (Å²) < 4.78 is 5.11. The monoisotopic (exact) mass is 328 g/mol. The van der Waals surface area contributed by atoms with Crippen LogP contribution in [0, 0.1) is 11.3 Å². The first-order valence-corrected chi connectivity index (χ1v) is 9.00. The van der Waals surface area contributed by atoms with E-state index >= 15 is 0 Å². The van der Waals surface area contributed by atoms with E-state index in [2.05, 4.69) is 39.0 Å². The van der Waals surface area contributed by atoms with Gasteiger partial charge in [-0.1, -0.05) is 39.3 Å². The van der Waals surface area contributed by atoms with E-state index in [0.717, 1.165) is 30.4 Å². The third-order valence-electron chi connectivity index (χ3n) is 6.60. The largest absolute Gasteiger partial charge is 0.469 e. The van der Waals surface area contributed by atoms with Crippen molar-refractivity contribution >= 4 is 11.8 Å². The number of hydrogen-bond acceptors (Lipinski definition) is 3. The molecule has 3 heteroatoms. The molecule has 0 spiro atoms. The number of rotatable bonds is 2. The highest BCUT2D eigenvalue weighted by Crippen LogP contribution is 2.57. The lowest BCUT2D eigenvalue weighted by Crippen LogP contribution is -2.53. The molecule has 0 unspecified atom stereocenters. The van der Waals surface area contributed by atoms with Gasteiger partial charge in [0.05, 0.1) is 12.5 Å². The van der Waals surface area contributed by atoms with Crippen molar-refractivity contribution in [2.45, 2.75) is 64.7 Å². The van der Waals surface area contributed by atoms with Crippen molar-refractivity contribution in [1.29, 1.82) is 0 Å². The molecule has 3 atom stereocenters. The minimum absolute atomic E-state index is 0.0103. The van der Waals surface area contributed by atoms with Crippen molar-refractivity contribution in [2.75, 3.05) is 7.11 Å². The van der Waals surface area contributed by atoms with E-state index in [1.807, 2.05) is 6.92 Å². The van der Waals surface area contributed by atoms with Crippen LogP contribution < -0.4 is 0 Å². The zero-order chi connectivity index (χ0) is 17.7. The second-order valence-electron chi connectivity index (χ2n) is 8.32. The molecular formula is C21H28O3. The Hall–Kier alpha value is -1.64. The Kier molecular flexibility index (Phi) is 4.09. The van der Waals surface area contributed by atoms with E-state index < -0.39 is 5.41 Å². The first-order chi connectivity index (χ1) is 11.2. The number of ketones is 1. The highest BCUT2D eigenvalue weighted by atomic mass is 16.5. The third-order valence-corrected chi connectivity index (χ3v) is 6.60. The molecule has 3 rings (SSSR count). The van der Waals surface area contributed by atoms with Crippen LogP contribution in [0.2, 0.25) is 0 Å². The van der Waals surface area contributed by atoms with Crippen LogP contribution >= 0.6 is 0 Å². The van der Waals surface area contributed by atoms with Gasteiger partial charge in [0.15, 0.2) is 5.78 Å². The predicted molar refractivity (Wildman–Crippen MR) is 94.3 cm³/mol. The summed E-state index contributed by atoms with van der Waals surface area (Å²) in [6.45, 7) is 8.52. The molecule has 1 aromatic rings. The number of ether oxygens (including phenoxy) is 1. The van der Waals surface area contributed by atoms with E-state index in [0.29, 0.717) is 12.3 Å². The molecule has 130 valence electrons. The van der Waals surface area contributed by atoms with Gasteiger partial charge in [-0.3, -0.25) is 9.59 Å². The van der Waals surface area contributed by atoms with E-state index in [4.69, 9.17) is 4.74 Å². The van der Waals surface area contributed by atoms with Crippen LogP contribution in [0.15, 0.2) is 18.2 Å². The maximum absolute atomic E-state index is 12.9. The Bertz CT molecular complexity index is 690. The summed E-state index contributed by atoms with van der Waals surface area (Å²) in [6, 6.07) is 6.36. The smallest absolute Gasteiger partial charge is 0.311 e. The van der Waals surface area contributed by atoms with Crippen LogP contribution in [-0.4, -0.2) is 18.9 Å². The molecule has 0 aliphatic heterocycles. The number of methoxy groups -OCH3 is 1. The molecule has 1 saturated carbocycles. The van der Waals surface area contributed by atoms with Crippen molar-refractivity contribution in [1.82, 2.24) is 0 Å². The fourth-order valence-corrected chi connectivity index (χ4v) is 5.07. The van der Waals surface area contributed by atoms with Gasteiger partial charge in [-0.2, -0.15) is 0 Å². The Labute approximate surface area is 144 Å². The molecular weight excluding hydrogens is 300 g/mol. The standard InChI is InChI=1S/C21H28O3/c1-13(2)14-7-8-16-15(11-14)17(22)12-18-20(16,3)9-6-10-21(18,4)19(23)24-5/h7-8,11,13,18H,6,9-10,12H2,1-5H3/t18-,20-,21-/m1/s1. The summed E-state index contributed by atoms with van der Waals surface area (Å²) in [4.78, 5) is 25.4. The minimum atomic E-state index is -0.578. The van der Waals surface area contributed by atoms with E-state index in [1.165, 1.54) is 12.7 Å². The highest BCUT2D eigenvalue weighted by molar-refractivity contribution is 6.00.